The molecule has 0 bridgehead atoms. The maximum atomic E-state index is 11.7. The monoisotopic (exact) mass is 238 g/mol. The van der Waals surface area contributed by atoms with Crippen molar-refractivity contribution < 1.29 is 14.3 Å². The highest BCUT2D eigenvalue weighted by Crippen LogP contribution is 1.97. The second kappa shape index (κ2) is 7.76. The smallest absolute Gasteiger partial charge is 0.253 e. The molecule has 0 aliphatic rings. The van der Waals surface area contributed by atoms with Crippen molar-refractivity contribution in [2.75, 3.05) is 19.8 Å². The zero-order valence-corrected chi connectivity index (χ0v) is 10.2. The summed E-state index contributed by atoms with van der Waals surface area (Å²) in [5, 5.41) is 2.74. The molecule has 0 atom stereocenters. The number of ether oxygens (including phenoxy) is 2. The van der Waals surface area contributed by atoms with E-state index in [2.05, 4.69) is 10.3 Å². The van der Waals surface area contributed by atoms with Crippen LogP contribution in [0.25, 0.3) is 0 Å². The summed E-state index contributed by atoms with van der Waals surface area (Å²) < 4.78 is 10.6. The highest BCUT2D eigenvalue weighted by atomic mass is 16.7. The minimum atomic E-state index is -0.398. The largest absolute Gasteiger partial charge is 0.351 e. The Morgan fingerprint density at radius 2 is 2.12 bits per heavy atom. The molecule has 94 valence electrons. The molecule has 0 aliphatic carbocycles. The number of nitrogens with one attached hydrogen (secondary N) is 1. The van der Waals surface area contributed by atoms with Crippen LogP contribution in [0.15, 0.2) is 24.5 Å². The molecule has 0 fully saturated rings. The zero-order chi connectivity index (χ0) is 12.5. The lowest BCUT2D eigenvalue weighted by molar-refractivity contribution is -0.131. The van der Waals surface area contributed by atoms with Gasteiger partial charge < -0.3 is 14.8 Å². The molecule has 5 heteroatoms. The van der Waals surface area contributed by atoms with Gasteiger partial charge in [0.2, 0.25) is 0 Å². The fourth-order valence-corrected chi connectivity index (χ4v) is 1.31. The van der Waals surface area contributed by atoms with Crippen molar-refractivity contribution in [3.8, 4) is 0 Å². The van der Waals surface area contributed by atoms with Crippen LogP contribution in [-0.2, 0) is 9.47 Å². The average Bonchev–Trinajstić information content (AvgIpc) is 2.37. The van der Waals surface area contributed by atoms with Gasteiger partial charge in [-0.25, -0.2) is 0 Å². The lowest BCUT2D eigenvalue weighted by atomic mass is 10.3. The standard InChI is InChI=1S/C12H18N2O3/c1-3-16-11(17-4-2)9-14-12(15)10-6-5-7-13-8-10/h5-8,11H,3-4,9H2,1-2H3,(H,14,15). The third-order valence-corrected chi connectivity index (χ3v) is 2.06. The molecule has 1 aromatic heterocycles. The first-order chi connectivity index (χ1) is 8.27. The molecular formula is C12H18N2O3. The van der Waals surface area contributed by atoms with E-state index in [1.165, 1.54) is 6.20 Å². The number of nitrogens with zero attached hydrogens (tertiary/aromatic N) is 1. The van der Waals surface area contributed by atoms with Gasteiger partial charge in [0, 0.05) is 25.6 Å². The molecule has 0 aliphatic heterocycles. The number of carbonyl (C=O) groups excluding carboxylic acids is 1. The maximum absolute atomic E-state index is 11.7. The predicted molar refractivity (Wildman–Crippen MR) is 63.6 cm³/mol. The van der Waals surface area contributed by atoms with Crippen molar-refractivity contribution in [1.29, 1.82) is 0 Å². The Bertz CT molecular complexity index is 324. The van der Waals surface area contributed by atoms with E-state index in [0.717, 1.165) is 0 Å². The normalized spacial score (nSPS) is 10.5. The van der Waals surface area contributed by atoms with E-state index >= 15 is 0 Å². The van der Waals surface area contributed by atoms with Crippen molar-refractivity contribution >= 4 is 5.91 Å². The van der Waals surface area contributed by atoms with Crippen LogP contribution in [0.3, 0.4) is 0 Å². The summed E-state index contributed by atoms with van der Waals surface area (Å²) in [4.78, 5) is 15.6. The Hall–Kier alpha value is -1.46. The lowest BCUT2D eigenvalue weighted by Crippen LogP contribution is -2.35. The van der Waals surface area contributed by atoms with Gasteiger partial charge in [-0.2, -0.15) is 0 Å². The van der Waals surface area contributed by atoms with Crippen LogP contribution < -0.4 is 5.32 Å². The second-order valence-corrected chi connectivity index (χ2v) is 3.29. The molecule has 1 heterocycles. The highest BCUT2D eigenvalue weighted by Gasteiger charge is 2.11. The number of hydrogen-bond donors (Lipinski definition) is 1. The fraction of sp³-hybridized carbons (Fsp3) is 0.500. The van der Waals surface area contributed by atoms with E-state index < -0.39 is 6.29 Å². The number of carbonyl (C=O) groups is 1. The summed E-state index contributed by atoms with van der Waals surface area (Å²) in [6.45, 7) is 5.19. The minimum absolute atomic E-state index is 0.178. The topological polar surface area (TPSA) is 60.5 Å². The predicted octanol–water partition coefficient (Wildman–Crippen LogP) is 1.21. The molecule has 0 spiro atoms. The maximum Gasteiger partial charge on any atom is 0.253 e. The zero-order valence-electron chi connectivity index (χ0n) is 10.2. The van der Waals surface area contributed by atoms with Gasteiger partial charge in [-0.05, 0) is 26.0 Å². The average molecular weight is 238 g/mol. The van der Waals surface area contributed by atoms with E-state index in [1.54, 1.807) is 18.3 Å². The minimum Gasteiger partial charge on any atom is -0.351 e. The van der Waals surface area contributed by atoms with Crippen LogP contribution in [0.4, 0.5) is 0 Å². The summed E-state index contributed by atoms with van der Waals surface area (Å²) >= 11 is 0. The quantitative estimate of drug-likeness (QED) is 0.725. The Balaban J connectivity index is 2.41. The Labute approximate surface area is 101 Å². The van der Waals surface area contributed by atoms with E-state index in [9.17, 15) is 4.79 Å². The molecule has 0 saturated heterocycles. The van der Waals surface area contributed by atoms with E-state index in [0.29, 0.717) is 25.3 Å². The molecule has 1 amide bonds. The Morgan fingerprint density at radius 1 is 1.41 bits per heavy atom. The van der Waals surface area contributed by atoms with E-state index in [1.807, 2.05) is 13.8 Å². The number of hydrogen-bond acceptors (Lipinski definition) is 4. The molecule has 5 nitrogen and oxygen atoms in total. The van der Waals surface area contributed by atoms with Crippen molar-refractivity contribution in [1.82, 2.24) is 10.3 Å². The number of amides is 1. The molecule has 1 rings (SSSR count). The van der Waals surface area contributed by atoms with Gasteiger partial charge in [0.05, 0.1) is 12.1 Å². The molecule has 1 aromatic rings. The fourth-order valence-electron chi connectivity index (χ4n) is 1.31. The van der Waals surface area contributed by atoms with Gasteiger partial charge in [-0.15, -0.1) is 0 Å². The Morgan fingerprint density at radius 3 is 2.65 bits per heavy atom. The van der Waals surface area contributed by atoms with Gasteiger partial charge >= 0.3 is 0 Å². The molecule has 1 N–H and O–H groups in total. The first-order valence-corrected chi connectivity index (χ1v) is 5.69. The molecule has 17 heavy (non-hydrogen) atoms. The summed E-state index contributed by atoms with van der Waals surface area (Å²) in [6, 6.07) is 3.43. The summed E-state index contributed by atoms with van der Waals surface area (Å²) in [7, 11) is 0. The lowest BCUT2D eigenvalue weighted by Gasteiger charge is -2.17. The summed E-state index contributed by atoms with van der Waals surface area (Å²) in [5.74, 6) is -0.178. The third kappa shape index (κ3) is 4.93. The van der Waals surface area contributed by atoms with Gasteiger partial charge in [0.1, 0.15) is 0 Å². The first-order valence-electron chi connectivity index (χ1n) is 5.69. The van der Waals surface area contributed by atoms with Crippen LogP contribution in [0.5, 0.6) is 0 Å². The van der Waals surface area contributed by atoms with Crippen molar-refractivity contribution in [3.05, 3.63) is 30.1 Å². The second-order valence-electron chi connectivity index (χ2n) is 3.29. The van der Waals surface area contributed by atoms with E-state index in [4.69, 9.17) is 9.47 Å². The van der Waals surface area contributed by atoms with Gasteiger partial charge in [0.15, 0.2) is 6.29 Å². The summed E-state index contributed by atoms with van der Waals surface area (Å²) in [5.41, 5.74) is 0.527. The van der Waals surface area contributed by atoms with Gasteiger partial charge in [-0.3, -0.25) is 9.78 Å². The third-order valence-electron chi connectivity index (χ3n) is 2.06. The van der Waals surface area contributed by atoms with Crippen LogP contribution in [0.2, 0.25) is 0 Å². The SMILES string of the molecule is CCOC(CNC(=O)c1cccnc1)OCC. The van der Waals surface area contributed by atoms with Gasteiger partial charge in [-0.1, -0.05) is 0 Å². The van der Waals surface area contributed by atoms with Crippen LogP contribution in [-0.4, -0.2) is 36.9 Å². The molecule has 0 aromatic carbocycles. The van der Waals surface area contributed by atoms with Crippen LogP contribution in [0, 0.1) is 0 Å². The number of rotatable bonds is 7. The first kappa shape index (κ1) is 13.6. The van der Waals surface area contributed by atoms with Crippen molar-refractivity contribution in [2.24, 2.45) is 0 Å². The van der Waals surface area contributed by atoms with E-state index in [-0.39, 0.29) is 5.91 Å². The van der Waals surface area contributed by atoms with Crippen molar-refractivity contribution in [2.45, 2.75) is 20.1 Å². The summed E-state index contributed by atoms with van der Waals surface area (Å²) in [6.07, 6.45) is 2.75. The Kier molecular flexibility index (Phi) is 6.21. The molecule has 0 saturated carbocycles. The van der Waals surface area contributed by atoms with Crippen LogP contribution in [0.1, 0.15) is 24.2 Å². The highest BCUT2D eigenvalue weighted by molar-refractivity contribution is 5.93. The van der Waals surface area contributed by atoms with Gasteiger partial charge in [0.25, 0.3) is 5.91 Å². The number of pyridine rings is 1. The molecule has 0 unspecified atom stereocenters. The molecular weight excluding hydrogens is 220 g/mol. The molecule has 0 radical (unpaired) electrons. The van der Waals surface area contributed by atoms with Crippen LogP contribution >= 0.6 is 0 Å². The van der Waals surface area contributed by atoms with Crippen molar-refractivity contribution in [3.63, 3.8) is 0 Å². The number of aromatic nitrogens is 1.